The third kappa shape index (κ3) is 4.66. The number of pyridine rings is 1. The molecule has 1 amide bonds. The number of alkyl halides is 3. The van der Waals surface area contributed by atoms with Crippen LogP contribution in [0.5, 0.6) is 5.75 Å². The number of piperidine rings is 1. The van der Waals surface area contributed by atoms with Gasteiger partial charge in [-0.3, -0.25) is 14.6 Å². The van der Waals surface area contributed by atoms with E-state index in [1.807, 2.05) is 0 Å². The minimum Gasteiger partial charge on any atom is -0.492 e. The van der Waals surface area contributed by atoms with Gasteiger partial charge in [-0.2, -0.15) is 18.4 Å². The molecular weight excluding hydrogens is 522 g/mol. The second-order valence-electron chi connectivity index (χ2n) is 9.84. The first-order valence-corrected chi connectivity index (χ1v) is 13.1. The molecule has 2 saturated heterocycles. The molecule has 0 N–H and O–H groups in total. The Morgan fingerprint density at radius 3 is 2.50 bits per heavy atom. The molecule has 1 saturated carbocycles. The van der Waals surface area contributed by atoms with Crippen molar-refractivity contribution >= 4 is 29.9 Å². The van der Waals surface area contributed by atoms with Crippen LogP contribution in [0.1, 0.15) is 49.8 Å². The number of amides is 1. The molecule has 0 radical (unpaired) electrons. The molecule has 38 heavy (non-hydrogen) atoms. The normalized spacial score (nSPS) is 21.5. The first kappa shape index (κ1) is 26.6. The highest BCUT2D eigenvalue weighted by molar-refractivity contribution is 7.81. The number of likely N-dealkylation sites (tertiary alicyclic amines) is 1. The van der Waals surface area contributed by atoms with E-state index in [0.717, 1.165) is 49.6 Å². The van der Waals surface area contributed by atoms with E-state index < -0.39 is 40.2 Å². The van der Waals surface area contributed by atoms with E-state index in [1.165, 1.54) is 29.5 Å². The molecule has 1 spiro atoms. The predicted octanol–water partition coefficient (Wildman–Crippen LogP) is 4.97. The van der Waals surface area contributed by atoms with Crippen LogP contribution in [0.2, 0.25) is 0 Å². The van der Waals surface area contributed by atoms with Crippen LogP contribution in [0.25, 0.3) is 0 Å². The number of nitriles is 1. The van der Waals surface area contributed by atoms with E-state index >= 15 is 4.39 Å². The number of aromatic nitrogens is 1. The Hall–Kier alpha value is -3.04. The van der Waals surface area contributed by atoms with Crippen LogP contribution in [0.15, 0.2) is 30.5 Å². The first-order chi connectivity index (χ1) is 18.2. The molecule has 5 rings (SSSR count). The zero-order valence-electron chi connectivity index (χ0n) is 20.5. The SMILES string of the molecule is N#Cc1ncc(N2C(=O)C3(CCC3)N(c3ccc(OCCN4CCCCC4)cc3F)C2S)cc1C(F)(F)F. The lowest BCUT2D eigenvalue weighted by Crippen LogP contribution is -2.55. The fourth-order valence-electron chi connectivity index (χ4n) is 5.48. The second kappa shape index (κ2) is 10.3. The minimum atomic E-state index is -4.84. The van der Waals surface area contributed by atoms with Gasteiger partial charge in [0.2, 0.25) is 0 Å². The Morgan fingerprint density at radius 2 is 1.89 bits per heavy atom. The van der Waals surface area contributed by atoms with Gasteiger partial charge in [0.25, 0.3) is 5.91 Å². The molecule has 1 unspecified atom stereocenters. The molecule has 3 heterocycles. The monoisotopic (exact) mass is 549 g/mol. The van der Waals surface area contributed by atoms with Crippen LogP contribution in [0.3, 0.4) is 0 Å². The summed E-state index contributed by atoms with van der Waals surface area (Å²) in [6.45, 7) is 3.22. The molecule has 12 heteroatoms. The summed E-state index contributed by atoms with van der Waals surface area (Å²) in [5.74, 6) is -0.742. The largest absolute Gasteiger partial charge is 0.492 e. The van der Waals surface area contributed by atoms with Gasteiger partial charge in [-0.15, -0.1) is 12.6 Å². The van der Waals surface area contributed by atoms with Gasteiger partial charge >= 0.3 is 6.18 Å². The van der Waals surface area contributed by atoms with Gasteiger partial charge in [-0.25, -0.2) is 9.37 Å². The van der Waals surface area contributed by atoms with Crippen LogP contribution in [-0.2, 0) is 11.0 Å². The minimum absolute atomic E-state index is 0.113. The van der Waals surface area contributed by atoms with Crippen molar-refractivity contribution in [2.24, 2.45) is 0 Å². The number of nitrogens with zero attached hydrogens (tertiary/aromatic N) is 5. The maximum Gasteiger partial charge on any atom is 0.419 e. The van der Waals surface area contributed by atoms with E-state index in [1.54, 1.807) is 6.07 Å². The summed E-state index contributed by atoms with van der Waals surface area (Å²) in [6.07, 6.45) is 1.28. The van der Waals surface area contributed by atoms with Gasteiger partial charge in [0.05, 0.1) is 23.1 Å². The van der Waals surface area contributed by atoms with E-state index in [9.17, 15) is 18.0 Å². The molecule has 202 valence electrons. The summed E-state index contributed by atoms with van der Waals surface area (Å²) in [7, 11) is 0. The van der Waals surface area contributed by atoms with E-state index in [-0.39, 0.29) is 11.4 Å². The molecule has 0 bridgehead atoms. The van der Waals surface area contributed by atoms with Gasteiger partial charge in [0.15, 0.2) is 11.2 Å². The van der Waals surface area contributed by atoms with Crippen LogP contribution in [-0.4, -0.2) is 53.1 Å². The van der Waals surface area contributed by atoms with Crippen molar-refractivity contribution in [1.82, 2.24) is 9.88 Å². The number of halogens is 4. The summed E-state index contributed by atoms with van der Waals surface area (Å²) in [6, 6.07) is 6.56. The van der Waals surface area contributed by atoms with Crippen molar-refractivity contribution in [1.29, 1.82) is 5.26 Å². The first-order valence-electron chi connectivity index (χ1n) is 12.6. The number of anilines is 2. The van der Waals surface area contributed by atoms with Gasteiger partial charge < -0.3 is 9.64 Å². The number of carbonyl (C=O) groups is 1. The van der Waals surface area contributed by atoms with Crippen molar-refractivity contribution in [3.63, 3.8) is 0 Å². The topological polar surface area (TPSA) is 72.7 Å². The maximum atomic E-state index is 15.4. The van der Waals surface area contributed by atoms with Crippen molar-refractivity contribution in [3.8, 4) is 11.8 Å². The molecule has 7 nitrogen and oxygen atoms in total. The Morgan fingerprint density at radius 1 is 1.16 bits per heavy atom. The summed E-state index contributed by atoms with van der Waals surface area (Å²) >= 11 is 4.56. The van der Waals surface area contributed by atoms with Crippen LogP contribution in [0, 0.1) is 17.1 Å². The van der Waals surface area contributed by atoms with Gasteiger partial charge in [-0.1, -0.05) is 6.42 Å². The zero-order valence-corrected chi connectivity index (χ0v) is 21.4. The van der Waals surface area contributed by atoms with Crippen LogP contribution >= 0.6 is 12.6 Å². The van der Waals surface area contributed by atoms with E-state index in [4.69, 9.17) is 10.00 Å². The molecule has 3 aliphatic rings. The highest BCUT2D eigenvalue weighted by Gasteiger charge is 2.60. The molecule has 1 aliphatic carbocycles. The Balaban J connectivity index is 1.40. The van der Waals surface area contributed by atoms with E-state index in [0.29, 0.717) is 31.6 Å². The number of ether oxygens (including phenoxy) is 1. The van der Waals surface area contributed by atoms with Crippen LogP contribution in [0.4, 0.5) is 28.9 Å². The fourth-order valence-corrected chi connectivity index (χ4v) is 6.06. The summed E-state index contributed by atoms with van der Waals surface area (Å²) in [5, 5.41) is 9.07. The summed E-state index contributed by atoms with van der Waals surface area (Å²) in [4.78, 5) is 22.2. The number of hydrogen-bond donors (Lipinski definition) is 1. The lowest BCUT2D eigenvalue weighted by atomic mass is 9.75. The van der Waals surface area contributed by atoms with Crippen LogP contribution < -0.4 is 14.5 Å². The van der Waals surface area contributed by atoms with Crippen molar-refractivity contribution < 1.29 is 27.1 Å². The number of carbonyl (C=O) groups excluding carboxylic acids is 1. The number of rotatable bonds is 6. The Bertz CT molecular complexity index is 1260. The second-order valence-corrected chi connectivity index (χ2v) is 10.3. The smallest absolute Gasteiger partial charge is 0.419 e. The van der Waals surface area contributed by atoms with Gasteiger partial charge in [-0.05, 0) is 63.4 Å². The molecule has 1 atom stereocenters. The third-order valence-electron chi connectivity index (χ3n) is 7.59. The van der Waals surface area contributed by atoms with Crippen molar-refractivity contribution in [2.75, 3.05) is 36.0 Å². The molecule has 1 aromatic heterocycles. The fraction of sp³-hybridized carbons (Fsp3) is 0.500. The third-order valence-corrected chi connectivity index (χ3v) is 8.05. The summed E-state index contributed by atoms with van der Waals surface area (Å²) in [5.41, 5.74) is -4.30. The molecule has 1 aromatic carbocycles. The lowest BCUT2D eigenvalue weighted by molar-refractivity contribution is -0.138. The Kier molecular flexibility index (Phi) is 7.17. The van der Waals surface area contributed by atoms with Gasteiger partial charge in [0.1, 0.15) is 29.8 Å². The quantitative estimate of drug-likeness (QED) is 0.406. The van der Waals surface area contributed by atoms with E-state index in [2.05, 4.69) is 22.5 Å². The average molecular weight is 550 g/mol. The Labute approximate surface area is 223 Å². The average Bonchev–Trinajstić information content (AvgIpc) is 3.10. The van der Waals surface area contributed by atoms with Gasteiger partial charge in [0, 0.05) is 12.6 Å². The highest BCUT2D eigenvalue weighted by atomic mass is 32.1. The van der Waals surface area contributed by atoms with Crippen molar-refractivity contribution in [2.45, 2.75) is 55.7 Å². The molecular formula is C26H27F4N5O2S. The lowest BCUT2D eigenvalue weighted by Gasteiger charge is -2.44. The predicted molar refractivity (Wildman–Crippen MR) is 135 cm³/mol. The summed E-state index contributed by atoms with van der Waals surface area (Å²) < 4.78 is 61.9. The van der Waals surface area contributed by atoms with Crippen molar-refractivity contribution in [3.05, 3.63) is 47.5 Å². The maximum absolute atomic E-state index is 15.4. The number of benzene rings is 1. The molecule has 2 aliphatic heterocycles. The molecule has 2 aromatic rings. The number of hydrogen-bond acceptors (Lipinski definition) is 7. The number of thiol groups is 1. The standard InChI is InChI=1S/C26H27F4N5O2S/c27-20-14-18(37-12-11-33-9-2-1-3-10-33)5-6-22(20)35-24(38)34(23(36)25(35)7-4-8-25)17-13-19(26(28,29)30)21(15-31)32-16-17/h5-6,13-14,16,24,38H,1-4,7-12H2. The molecule has 3 fully saturated rings. The highest BCUT2D eigenvalue weighted by Crippen LogP contribution is 2.51. The zero-order chi connectivity index (χ0) is 27.1.